The van der Waals surface area contributed by atoms with Gasteiger partial charge in [0.1, 0.15) is 24.0 Å². The molecule has 1 heterocycles. The van der Waals surface area contributed by atoms with Crippen molar-refractivity contribution in [2.45, 2.75) is 104 Å². The summed E-state index contributed by atoms with van der Waals surface area (Å²) in [5.41, 5.74) is 1.64. The minimum atomic E-state index is -4.72. The molecule has 0 spiro atoms. The van der Waals surface area contributed by atoms with Gasteiger partial charge in [0.25, 0.3) is 5.91 Å². The minimum Gasteiger partial charge on any atom is -0.497 e. The number of carbonyl (C=O) groups excluding carboxylic acids is 3. The Labute approximate surface area is 361 Å². The molecular weight excluding hydrogens is 796 g/mol. The second-order valence-electron chi connectivity index (χ2n) is 17.3. The van der Waals surface area contributed by atoms with E-state index < -0.39 is 48.1 Å². The van der Waals surface area contributed by atoms with Crippen LogP contribution >= 0.6 is 0 Å². The Hall–Kier alpha value is -6.03. The Morgan fingerprint density at radius 2 is 1.61 bits per heavy atom. The van der Waals surface area contributed by atoms with Crippen molar-refractivity contribution in [1.29, 1.82) is 5.26 Å². The number of carbonyl (C=O) groups is 3. The average molecular weight is 850 g/mol. The predicted octanol–water partition coefficient (Wildman–Crippen LogP) is 10.6. The summed E-state index contributed by atoms with van der Waals surface area (Å²) >= 11 is 0. The van der Waals surface area contributed by atoms with Gasteiger partial charge in [0, 0.05) is 35.8 Å². The summed E-state index contributed by atoms with van der Waals surface area (Å²) in [5.74, 6) is 0.986. The van der Waals surface area contributed by atoms with Gasteiger partial charge in [-0.15, -0.1) is 0 Å². The first kappa shape index (κ1) is 45.5. The summed E-state index contributed by atoms with van der Waals surface area (Å²) in [6.45, 7) is 7.01. The number of amides is 2. The van der Waals surface area contributed by atoms with Gasteiger partial charge in [-0.25, -0.2) is 9.97 Å². The van der Waals surface area contributed by atoms with Gasteiger partial charge in [0.05, 0.1) is 30.2 Å². The van der Waals surface area contributed by atoms with Gasteiger partial charge in [0.15, 0.2) is 5.82 Å². The molecule has 10 nitrogen and oxygen atoms in total. The Balaban J connectivity index is 1.13. The van der Waals surface area contributed by atoms with E-state index in [0.717, 1.165) is 47.8 Å². The number of benzene rings is 3. The van der Waals surface area contributed by atoms with E-state index in [1.165, 1.54) is 86.4 Å². The molecule has 2 aliphatic carbocycles. The molecule has 13 heteroatoms. The second-order valence-corrected chi connectivity index (χ2v) is 17.3. The number of aromatic nitrogens is 2. The molecule has 0 bridgehead atoms. The molecule has 2 amide bonds. The quantitative estimate of drug-likeness (QED) is 0.131. The number of rotatable bonds is 13. The van der Waals surface area contributed by atoms with E-state index in [9.17, 15) is 32.8 Å². The van der Waals surface area contributed by atoms with Gasteiger partial charge in [-0.05, 0) is 118 Å². The lowest BCUT2D eigenvalue weighted by atomic mass is 9.71. The van der Waals surface area contributed by atoms with Gasteiger partial charge in [-0.2, -0.15) is 18.4 Å². The van der Waals surface area contributed by atoms with Crippen molar-refractivity contribution in [3.05, 3.63) is 113 Å². The van der Waals surface area contributed by atoms with Gasteiger partial charge in [-0.3, -0.25) is 14.4 Å². The van der Waals surface area contributed by atoms with Crippen LogP contribution in [0, 0.1) is 29.1 Å². The fourth-order valence-electron chi connectivity index (χ4n) is 8.51. The van der Waals surface area contributed by atoms with Crippen molar-refractivity contribution in [3.8, 4) is 23.2 Å². The minimum absolute atomic E-state index is 0.00642. The van der Waals surface area contributed by atoms with Crippen LogP contribution in [-0.2, 0) is 33.5 Å². The molecule has 2 aliphatic rings. The maximum atomic E-state index is 14.1. The first-order valence-corrected chi connectivity index (χ1v) is 21.2. The van der Waals surface area contributed by atoms with Crippen molar-refractivity contribution in [1.82, 2.24) is 14.9 Å². The highest BCUT2D eigenvalue weighted by molar-refractivity contribution is 5.99. The lowest BCUT2D eigenvalue weighted by Gasteiger charge is -2.35. The summed E-state index contributed by atoms with van der Waals surface area (Å²) < 4.78 is 51.7. The number of esters is 1. The molecule has 0 radical (unpaired) electrons. The molecule has 1 aromatic heterocycles. The van der Waals surface area contributed by atoms with Gasteiger partial charge < -0.3 is 19.7 Å². The Morgan fingerprint density at radius 1 is 0.903 bits per heavy atom. The van der Waals surface area contributed by atoms with Crippen LogP contribution in [0.25, 0.3) is 17.0 Å². The monoisotopic (exact) mass is 849 g/mol. The number of nitrogens with one attached hydrogen (secondary N) is 1. The lowest BCUT2D eigenvalue weighted by molar-refractivity contribution is -0.155. The highest BCUT2D eigenvalue weighted by Crippen LogP contribution is 2.42. The van der Waals surface area contributed by atoms with E-state index in [1.807, 2.05) is 42.7 Å². The largest absolute Gasteiger partial charge is 0.497 e. The molecule has 62 heavy (non-hydrogen) atoms. The van der Waals surface area contributed by atoms with Crippen molar-refractivity contribution in [3.63, 3.8) is 0 Å². The maximum absolute atomic E-state index is 14.1. The number of halogens is 3. The first-order chi connectivity index (χ1) is 29.5. The summed E-state index contributed by atoms with van der Waals surface area (Å²) in [7, 11) is 1.24. The van der Waals surface area contributed by atoms with E-state index in [0.29, 0.717) is 11.4 Å². The number of nitriles is 1. The smallest absolute Gasteiger partial charge is 0.416 e. The fraction of sp³-hybridized carbons (Fsp3) is 0.429. The highest BCUT2D eigenvalue weighted by Gasteiger charge is 2.34. The number of alkyl halides is 3. The number of hydrogen-bond donors (Lipinski definition) is 1. The van der Waals surface area contributed by atoms with Gasteiger partial charge >= 0.3 is 12.1 Å². The van der Waals surface area contributed by atoms with Crippen LogP contribution < -0.4 is 10.1 Å². The van der Waals surface area contributed by atoms with E-state index >= 15 is 0 Å². The molecule has 0 aliphatic heterocycles. The van der Waals surface area contributed by atoms with E-state index in [1.54, 1.807) is 20.8 Å². The van der Waals surface area contributed by atoms with Crippen LogP contribution in [0.2, 0.25) is 0 Å². The zero-order valence-electron chi connectivity index (χ0n) is 36.0. The van der Waals surface area contributed by atoms with E-state index in [2.05, 4.69) is 28.3 Å². The maximum Gasteiger partial charge on any atom is 0.416 e. The Morgan fingerprint density at radius 3 is 2.21 bits per heavy atom. The molecule has 1 N–H and O–H groups in total. The third-order valence-electron chi connectivity index (χ3n) is 11.8. The third kappa shape index (κ3) is 11.9. The SMILES string of the molecule is CC[C@H]1CC[C@H](C2CC=C(c3cnc(-c4ccc(CN(CC(=O)OC(C)(C)C)C(=O)c5ccc(NC(=O)Cc6ccc(OC)cc6C(F)(F)F)cc5C#N)cc4)nc3)CC2)CC1. The summed E-state index contributed by atoms with van der Waals surface area (Å²) in [6.07, 6.45) is 10.9. The zero-order valence-corrected chi connectivity index (χ0v) is 36.0. The van der Waals surface area contributed by atoms with Gasteiger partial charge in [-0.1, -0.05) is 62.6 Å². The number of nitrogens with zero attached hydrogens (tertiary/aromatic N) is 4. The Bertz CT molecular complexity index is 2300. The lowest BCUT2D eigenvalue weighted by Crippen LogP contribution is -2.38. The van der Waals surface area contributed by atoms with E-state index in [-0.39, 0.29) is 34.7 Å². The van der Waals surface area contributed by atoms with Crippen LogP contribution in [-0.4, -0.2) is 51.9 Å². The molecule has 4 aromatic rings. The number of anilines is 1. The van der Waals surface area contributed by atoms with Crippen LogP contribution in [0.3, 0.4) is 0 Å². The normalized spacial score (nSPS) is 17.9. The topological polar surface area (TPSA) is 135 Å². The molecule has 6 rings (SSSR count). The Kier molecular flexibility index (Phi) is 14.5. The highest BCUT2D eigenvalue weighted by atomic mass is 19.4. The molecule has 0 saturated heterocycles. The average Bonchev–Trinajstić information content (AvgIpc) is 3.25. The number of hydrogen-bond acceptors (Lipinski definition) is 8. The van der Waals surface area contributed by atoms with Crippen LogP contribution in [0.4, 0.5) is 18.9 Å². The van der Waals surface area contributed by atoms with Crippen molar-refractivity contribution >= 4 is 29.0 Å². The molecule has 1 fully saturated rings. The van der Waals surface area contributed by atoms with Crippen LogP contribution in [0.1, 0.15) is 117 Å². The molecule has 326 valence electrons. The number of methoxy groups -OCH3 is 1. The first-order valence-electron chi connectivity index (χ1n) is 21.2. The van der Waals surface area contributed by atoms with Crippen LogP contribution in [0.5, 0.6) is 5.75 Å². The molecule has 1 unspecified atom stereocenters. The molecule has 3 aromatic carbocycles. The summed E-state index contributed by atoms with van der Waals surface area (Å²) in [5, 5.41) is 12.6. The molecular formula is C49H54F3N5O5. The van der Waals surface area contributed by atoms with Gasteiger partial charge in [0.2, 0.25) is 5.91 Å². The van der Waals surface area contributed by atoms with E-state index in [4.69, 9.17) is 9.47 Å². The predicted molar refractivity (Wildman–Crippen MR) is 231 cm³/mol. The second kappa shape index (κ2) is 19.8. The number of allylic oxidation sites excluding steroid dienone is 2. The fourth-order valence-corrected chi connectivity index (χ4v) is 8.51. The number of ether oxygens (including phenoxy) is 2. The van der Waals surface area contributed by atoms with Crippen LogP contribution in [0.15, 0.2) is 79.1 Å². The van der Waals surface area contributed by atoms with Crippen molar-refractivity contribution in [2.75, 3.05) is 19.0 Å². The molecule has 1 atom stereocenters. The third-order valence-corrected chi connectivity index (χ3v) is 11.8. The summed E-state index contributed by atoms with van der Waals surface area (Å²) in [6, 6.07) is 16.6. The zero-order chi connectivity index (χ0) is 44.6. The van der Waals surface area contributed by atoms with Crippen molar-refractivity contribution in [2.24, 2.45) is 17.8 Å². The van der Waals surface area contributed by atoms with Crippen molar-refractivity contribution < 1.29 is 37.0 Å². The molecule has 1 saturated carbocycles. The summed E-state index contributed by atoms with van der Waals surface area (Å²) in [4.78, 5) is 50.7. The standard InChI is InChI=1S/C49H54F3N5O5/c1-6-31-7-11-33(12-8-31)34-15-17-35(18-16-34)39-27-54-46(55-28-39)36-13-9-32(10-14-36)29-57(30-45(59)62-48(2,3)4)47(60)42-22-20-40(23-38(42)26-53)56-44(58)24-37-19-21-41(61-5)25-43(37)49(50,51)52/h9-10,13-14,17,19-23,25,27-28,31,33-34H,6-8,11-12,15-16,18,24,29-30H2,1-5H3,(H,56,58)/t31-,33-,34?.